The van der Waals surface area contributed by atoms with Crippen LogP contribution in [0.5, 0.6) is 0 Å². The number of carbonyl (C=O) groups excluding carboxylic acids is 4. The average Bonchev–Trinajstić information content (AvgIpc) is 3.58. The number of anilines is 2. The first-order valence-electron chi connectivity index (χ1n) is 14.2. The Balaban J connectivity index is 1.42. The second-order valence-electron chi connectivity index (χ2n) is 10.8. The molecule has 4 aromatic carbocycles. The predicted octanol–water partition coefficient (Wildman–Crippen LogP) is 8.98. The highest BCUT2D eigenvalue weighted by molar-refractivity contribution is 6.34. The Hall–Kier alpha value is -5.00. The zero-order valence-corrected chi connectivity index (χ0v) is 28.2. The van der Waals surface area contributed by atoms with Gasteiger partial charge in [0, 0.05) is 44.3 Å². The van der Waals surface area contributed by atoms with Gasteiger partial charge in [0.1, 0.15) is 0 Å². The van der Waals surface area contributed by atoms with E-state index in [1.54, 1.807) is 70.1 Å². The smallest absolute Gasteiger partial charge is 0.338 e. The van der Waals surface area contributed by atoms with Gasteiger partial charge in [0.25, 0.3) is 0 Å². The van der Waals surface area contributed by atoms with Gasteiger partial charge in [-0.15, -0.1) is 0 Å². The molecule has 0 unspecified atom stereocenters. The Morgan fingerprint density at radius 2 is 1.02 bits per heavy atom. The third-order valence-corrected chi connectivity index (χ3v) is 8.86. The number of aromatic nitrogens is 2. The summed E-state index contributed by atoms with van der Waals surface area (Å²) in [5.74, 6) is -0.312. The second kappa shape index (κ2) is 12.6. The summed E-state index contributed by atoms with van der Waals surface area (Å²) in [4.78, 5) is 50.6. The van der Waals surface area contributed by atoms with Crippen molar-refractivity contribution < 1.29 is 19.2 Å². The van der Waals surface area contributed by atoms with E-state index in [9.17, 15) is 19.2 Å². The number of Topliss-reactive ketones (excluding diaryl/α,β-unsaturated/α-hetero) is 2. The number of benzene rings is 4. The number of ketones is 2. The molecule has 242 valence electrons. The van der Waals surface area contributed by atoms with Gasteiger partial charge < -0.3 is 20.6 Å². The lowest BCUT2D eigenvalue weighted by molar-refractivity contribution is 0.101. The van der Waals surface area contributed by atoms with Crippen LogP contribution in [0.2, 0.25) is 20.1 Å². The number of primary amides is 2. The molecule has 2 aromatic heterocycles. The van der Waals surface area contributed by atoms with Gasteiger partial charge in [0.2, 0.25) is 0 Å². The van der Waals surface area contributed by atoms with Crippen molar-refractivity contribution in [2.75, 3.05) is 10.0 Å². The number of hydrazine groups is 1. The number of carbonyl (C=O) groups is 4. The van der Waals surface area contributed by atoms with Crippen LogP contribution in [0.3, 0.4) is 0 Å². The maximum Gasteiger partial charge on any atom is 0.338 e. The highest BCUT2D eigenvalue weighted by atomic mass is 35.5. The SMILES string of the molecule is CC(=O)c1cn(-c2ccc(N(C(N)=O)N(C(N)=O)c3ccc(-n4cc(C(C)=O)c5ccc(Cl)cc54)c(Cl)c3)cc2Cl)c2ccc(Cl)cc12. The number of nitrogens with two attached hydrogens (primary N) is 2. The standard InChI is InChI=1S/C34H24Cl4N6O4/c1-17(45)25-15-42(32-12-20(36)3-7-23(25)32)31-10-6-22(14-28(31)38)44(34(40)48)43(33(39)47)21-5-9-30(27(37)13-21)41-16-26(18(2)46)24-11-19(35)4-8-29(24)41/h3-16H,1-2H3,(H2,39,47)(H2,40,48). The molecule has 0 fully saturated rings. The van der Waals surface area contributed by atoms with Gasteiger partial charge in [0.05, 0.1) is 43.8 Å². The van der Waals surface area contributed by atoms with E-state index in [2.05, 4.69) is 0 Å². The number of hydrogen-bond donors (Lipinski definition) is 2. The maximum atomic E-state index is 12.9. The molecule has 0 aliphatic rings. The van der Waals surface area contributed by atoms with Crippen LogP contribution in [0.25, 0.3) is 33.2 Å². The lowest BCUT2D eigenvalue weighted by atomic mass is 10.1. The monoisotopic (exact) mass is 720 g/mol. The van der Waals surface area contributed by atoms with Crippen LogP contribution in [0.4, 0.5) is 21.0 Å². The van der Waals surface area contributed by atoms with Crippen LogP contribution in [0.15, 0.2) is 85.2 Å². The van der Waals surface area contributed by atoms with E-state index in [1.165, 1.54) is 38.1 Å². The molecular weight excluding hydrogens is 698 g/mol. The second-order valence-corrected chi connectivity index (χ2v) is 12.5. The van der Waals surface area contributed by atoms with Crippen molar-refractivity contribution in [1.29, 1.82) is 0 Å². The zero-order valence-electron chi connectivity index (χ0n) is 25.2. The summed E-state index contributed by atoms with van der Waals surface area (Å²) in [7, 11) is 0. The number of halogens is 4. The van der Waals surface area contributed by atoms with Crippen molar-refractivity contribution in [2.24, 2.45) is 11.5 Å². The highest BCUT2D eigenvalue weighted by Gasteiger charge is 2.28. The summed E-state index contributed by atoms with van der Waals surface area (Å²) >= 11 is 26.0. The number of fused-ring (bicyclic) bond motifs is 2. The summed E-state index contributed by atoms with van der Waals surface area (Å²) in [6, 6.07) is 17.3. The first-order valence-corrected chi connectivity index (χ1v) is 15.7. The number of rotatable bonds is 6. The van der Waals surface area contributed by atoms with Gasteiger partial charge >= 0.3 is 12.1 Å². The van der Waals surface area contributed by atoms with E-state index in [4.69, 9.17) is 57.9 Å². The molecule has 0 saturated heterocycles. The van der Waals surface area contributed by atoms with Crippen LogP contribution in [0.1, 0.15) is 34.6 Å². The van der Waals surface area contributed by atoms with E-state index in [1.807, 2.05) is 0 Å². The van der Waals surface area contributed by atoms with Crippen LogP contribution in [-0.2, 0) is 0 Å². The molecule has 48 heavy (non-hydrogen) atoms. The zero-order chi connectivity index (χ0) is 34.6. The molecule has 0 bridgehead atoms. The number of hydrogen-bond acceptors (Lipinski definition) is 4. The Morgan fingerprint density at radius 3 is 1.50 bits per heavy atom. The lowest BCUT2D eigenvalue weighted by Crippen LogP contribution is -2.54. The van der Waals surface area contributed by atoms with E-state index in [-0.39, 0.29) is 33.0 Å². The Morgan fingerprint density at radius 1 is 0.562 bits per heavy atom. The molecule has 2 heterocycles. The molecule has 4 N–H and O–H groups in total. The van der Waals surface area contributed by atoms with Crippen molar-refractivity contribution in [3.05, 3.63) is 116 Å². The minimum Gasteiger partial charge on any atom is -0.350 e. The summed E-state index contributed by atoms with van der Waals surface area (Å²) < 4.78 is 3.43. The number of urea groups is 2. The number of amides is 4. The van der Waals surface area contributed by atoms with Crippen molar-refractivity contribution in [1.82, 2.24) is 9.13 Å². The Bertz CT molecular complexity index is 2350. The average molecular weight is 722 g/mol. The van der Waals surface area contributed by atoms with E-state index < -0.39 is 12.1 Å². The van der Waals surface area contributed by atoms with Crippen LogP contribution < -0.4 is 21.5 Å². The third kappa shape index (κ3) is 5.73. The molecule has 6 aromatic rings. The summed E-state index contributed by atoms with van der Waals surface area (Å²) in [6.07, 6.45) is 3.30. The van der Waals surface area contributed by atoms with Crippen LogP contribution in [0, 0.1) is 0 Å². The molecule has 0 saturated carbocycles. The normalized spacial score (nSPS) is 11.2. The molecule has 6 rings (SSSR count). The molecule has 0 atom stereocenters. The molecule has 0 spiro atoms. The molecule has 0 radical (unpaired) electrons. The summed E-state index contributed by atoms with van der Waals surface area (Å²) in [5.41, 5.74) is 15.0. The molecule has 0 aliphatic heterocycles. The van der Waals surface area contributed by atoms with Crippen molar-refractivity contribution in [2.45, 2.75) is 13.8 Å². The van der Waals surface area contributed by atoms with Crippen LogP contribution in [-0.4, -0.2) is 32.8 Å². The molecular formula is C34H24Cl4N6O4. The van der Waals surface area contributed by atoms with E-state index >= 15 is 0 Å². The Labute approximate surface area is 293 Å². The molecule has 0 aliphatic carbocycles. The molecule has 10 nitrogen and oxygen atoms in total. The fourth-order valence-electron chi connectivity index (χ4n) is 5.69. The third-order valence-electron chi connectivity index (χ3n) is 7.78. The number of nitrogens with zero attached hydrogens (tertiary/aromatic N) is 4. The van der Waals surface area contributed by atoms with Crippen molar-refractivity contribution in [3.63, 3.8) is 0 Å². The summed E-state index contributed by atoms with van der Waals surface area (Å²) in [5, 5.41) is 4.28. The lowest BCUT2D eigenvalue weighted by Gasteiger charge is -2.32. The van der Waals surface area contributed by atoms with Crippen molar-refractivity contribution in [3.8, 4) is 11.4 Å². The van der Waals surface area contributed by atoms with Gasteiger partial charge in [-0.2, -0.15) is 10.0 Å². The van der Waals surface area contributed by atoms with E-state index in [0.29, 0.717) is 54.4 Å². The quantitative estimate of drug-likeness (QED) is 0.131. The fourth-order valence-corrected chi connectivity index (χ4v) is 6.56. The van der Waals surface area contributed by atoms with Gasteiger partial charge in [-0.1, -0.05) is 52.5 Å². The van der Waals surface area contributed by atoms with Gasteiger partial charge in [-0.05, 0) is 80.6 Å². The van der Waals surface area contributed by atoms with Crippen LogP contribution >= 0.6 is 46.4 Å². The van der Waals surface area contributed by atoms with Gasteiger partial charge in [-0.25, -0.2) is 9.59 Å². The van der Waals surface area contributed by atoms with Gasteiger partial charge in [0.15, 0.2) is 11.6 Å². The highest BCUT2D eigenvalue weighted by Crippen LogP contribution is 2.36. The minimum absolute atomic E-state index is 0.107. The predicted molar refractivity (Wildman–Crippen MR) is 191 cm³/mol. The van der Waals surface area contributed by atoms with Gasteiger partial charge in [-0.3, -0.25) is 9.59 Å². The Kier molecular flexibility index (Phi) is 8.61. The first-order chi connectivity index (χ1) is 22.8. The minimum atomic E-state index is -1.05. The first kappa shape index (κ1) is 32.9. The fraction of sp³-hybridized carbons (Fsp3) is 0.0588. The molecule has 4 amide bonds. The van der Waals surface area contributed by atoms with E-state index in [0.717, 1.165) is 10.0 Å². The maximum absolute atomic E-state index is 12.9. The molecule has 14 heteroatoms. The summed E-state index contributed by atoms with van der Waals surface area (Å²) in [6.45, 7) is 2.91. The van der Waals surface area contributed by atoms with Crippen molar-refractivity contribution >= 4 is 103 Å². The largest absolute Gasteiger partial charge is 0.350 e. The topological polar surface area (TPSA) is 137 Å².